The van der Waals surface area contributed by atoms with Gasteiger partial charge in [-0.15, -0.1) is 0 Å². The maximum Gasteiger partial charge on any atom is 0.251 e. The third-order valence-corrected chi connectivity index (χ3v) is 3.40. The van der Waals surface area contributed by atoms with Crippen molar-refractivity contribution >= 4 is 5.91 Å². The van der Waals surface area contributed by atoms with Crippen LogP contribution in [0.25, 0.3) is 0 Å². The van der Waals surface area contributed by atoms with E-state index in [4.69, 9.17) is 4.74 Å². The Morgan fingerprint density at radius 1 is 1.00 bits per heavy atom. The smallest absolute Gasteiger partial charge is 0.251 e. The summed E-state index contributed by atoms with van der Waals surface area (Å²) in [6.45, 7) is 0.200. The molecule has 1 aromatic heterocycles. The molecule has 0 radical (unpaired) electrons. The summed E-state index contributed by atoms with van der Waals surface area (Å²) in [5.41, 5.74) is 0.811. The number of para-hydroxylation sites is 1. The average Bonchev–Trinajstić information content (AvgIpc) is 2.63. The number of carbonyl (C=O) groups excluding carboxylic acids is 1. The normalized spacial score (nSPS) is 10.3. The topological polar surface area (TPSA) is 51.2 Å². The van der Waals surface area contributed by atoms with E-state index in [2.05, 4.69) is 10.3 Å². The van der Waals surface area contributed by atoms with Gasteiger partial charge in [0, 0.05) is 24.4 Å². The van der Waals surface area contributed by atoms with E-state index < -0.39 is 17.5 Å². The third kappa shape index (κ3) is 4.38. The summed E-state index contributed by atoms with van der Waals surface area (Å²) in [6, 6.07) is 15.6. The minimum atomic E-state index is -1.06. The second-order valence-electron chi connectivity index (χ2n) is 5.23. The van der Waals surface area contributed by atoms with E-state index in [1.54, 1.807) is 30.5 Å². The molecule has 1 heterocycles. The van der Waals surface area contributed by atoms with Crippen molar-refractivity contribution in [2.24, 2.45) is 0 Å². The van der Waals surface area contributed by atoms with Crippen LogP contribution in [0.1, 0.15) is 15.9 Å². The minimum absolute atomic E-state index is 0.0497. The van der Waals surface area contributed by atoms with E-state index in [0.717, 1.165) is 17.7 Å². The maximum absolute atomic E-state index is 13.2. The Bertz CT molecular complexity index is 886. The Labute approximate surface area is 143 Å². The van der Waals surface area contributed by atoms with Gasteiger partial charge in [0.1, 0.15) is 5.75 Å². The highest BCUT2D eigenvalue weighted by atomic mass is 19.2. The molecule has 0 unspecified atom stereocenters. The van der Waals surface area contributed by atoms with Gasteiger partial charge in [0.25, 0.3) is 5.91 Å². The molecule has 6 heteroatoms. The van der Waals surface area contributed by atoms with Crippen LogP contribution in [0.3, 0.4) is 0 Å². The Kier molecular flexibility index (Phi) is 4.99. The quantitative estimate of drug-likeness (QED) is 0.761. The van der Waals surface area contributed by atoms with Gasteiger partial charge in [0.05, 0.1) is 0 Å². The number of rotatable bonds is 5. The van der Waals surface area contributed by atoms with E-state index in [1.807, 2.05) is 18.2 Å². The highest BCUT2D eigenvalue weighted by molar-refractivity contribution is 5.94. The van der Waals surface area contributed by atoms with Crippen molar-refractivity contribution in [3.63, 3.8) is 0 Å². The van der Waals surface area contributed by atoms with Gasteiger partial charge in [-0.05, 0) is 42.0 Å². The maximum atomic E-state index is 13.2. The van der Waals surface area contributed by atoms with Crippen LogP contribution in [-0.4, -0.2) is 10.9 Å². The zero-order valence-corrected chi connectivity index (χ0v) is 13.1. The van der Waals surface area contributed by atoms with Crippen LogP contribution >= 0.6 is 0 Å². The molecule has 0 saturated heterocycles. The molecule has 4 nitrogen and oxygen atoms in total. The van der Waals surface area contributed by atoms with Crippen molar-refractivity contribution in [1.29, 1.82) is 0 Å². The van der Waals surface area contributed by atoms with Gasteiger partial charge in [-0.3, -0.25) is 4.79 Å². The van der Waals surface area contributed by atoms with Crippen LogP contribution in [0.4, 0.5) is 8.78 Å². The average molecular weight is 340 g/mol. The zero-order chi connectivity index (χ0) is 17.6. The number of amides is 1. The third-order valence-electron chi connectivity index (χ3n) is 3.40. The lowest BCUT2D eigenvalue weighted by Crippen LogP contribution is -2.23. The monoisotopic (exact) mass is 340 g/mol. The van der Waals surface area contributed by atoms with Gasteiger partial charge in [-0.25, -0.2) is 13.8 Å². The fourth-order valence-corrected chi connectivity index (χ4v) is 2.15. The van der Waals surface area contributed by atoms with Crippen LogP contribution in [0.5, 0.6) is 11.6 Å². The number of halogens is 2. The van der Waals surface area contributed by atoms with Gasteiger partial charge in [-0.1, -0.05) is 18.2 Å². The fourth-order valence-electron chi connectivity index (χ4n) is 2.15. The van der Waals surface area contributed by atoms with E-state index in [1.165, 1.54) is 6.07 Å². The van der Waals surface area contributed by atoms with E-state index in [9.17, 15) is 13.6 Å². The van der Waals surface area contributed by atoms with Crippen molar-refractivity contribution in [2.75, 3.05) is 0 Å². The van der Waals surface area contributed by atoms with Gasteiger partial charge in [0.2, 0.25) is 5.88 Å². The molecule has 0 atom stereocenters. The van der Waals surface area contributed by atoms with E-state index >= 15 is 0 Å². The number of carbonyl (C=O) groups is 1. The number of hydrogen-bond donors (Lipinski definition) is 1. The standard InChI is InChI=1S/C19H14F2N2O2/c20-16-7-6-14(11-17(16)21)19(24)23-12-13-8-9-22-18(10-13)25-15-4-2-1-3-5-15/h1-11H,12H2,(H,23,24). The first-order chi connectivity index (χ1) is 12.1. The number of benzene rings is 2. The van der Waals surface area contributed by atoms with Crippen LogP contribution in [0, 0.1) is 11.6 Å². The van der Waals surface area contributed by atoms with Gasteiger partial charge in [-0.2, -0.15) is 0 Å². The van der Waals surface area contributed by atoms with Gasteiger partial charge in [0.15, 0.2) is 11.6 Å². The summed E-state index contributed by atoms with van der Waals surface area (Å²) in [5, 5.41) is 2.64. The SMILES string of the molecule is O=C(NCc1ccnc(Oc2ccccc2)c1)c1ccc(F)c(F)c1. The van der Waals surface area contributed by atoms with Crippen molar-refractivity contribution in [1.82, 2.24) is 10.3 Å². The van der Waals surface area contributed by atoms with Crippen molar-refractivity contribution in [2.45, 2.75) is 6.54 Å². The van der Waals surface area contributed by atoms with Gasteiger partial charge >= 0.3 is 0 Å². The van der Waals surface area contributed by atoms with Crippen molar-refractivity contribution in [3.05, 3.63) is 89.6 Å². The summed E-state index contributed by atoms with van der Waals surface area (Å²) in [7, 11) is 0. The highest BCUT2D eigenvalue weighted by Gasteiger charge is 2.10. The summed E-state index contributed by atoms with van der Waals surface area (Å²) in [4.78, 5) is 16.1. The molecule has 0 bridgehead atoms. The molecule has 0 fully saturated rings. The zero-order valence-electron chi connectivity index (χ0n) is 13.1. The molecule has 3 aromatic rings. The van der Waals surface area contributed by atoms with Crippen molar-refractivity contribution < 1.29 is 18.3 Å². The molecule has 0 aliphatic carbocycles. The molecule has 1 amide bonds. The number of aromatic nitrogens is 1. The molecule has 3 rings (SSSR count). The van der Waals surface area contributed by atoms with Crippen LogP contribution < -0.4 is 10.1 Å². The molecule has 1 N–H and O–H groups in total. The molecule has 25 heavy (non-hydrogen) atoms. The predicted molar refractivity (Wildman–Crippen MR) is 88.3 cm³/mol. The Hall–Kier alpha value is -3.28. The predicted octanol–water partition coefficient (Wildman–Crippen LogP) is 4.08. The van der Waals surface area contributed by atoms with Crippen LogP contribution in [0.2, 0.25) is 0 Å². The molecule has 0 spiro atoms. The molecule has 0 saturated carbocycles. The largest absolute Gasteiger partial charge is 0.439 e. The van der Waals surface area contributed by atoms with Crippen LogP contribution in [0.15, 0.2) is 66.9 Å². The Balaban J connectivity index is 1.64. The second kappa shape index (κ2) is 7.53. The first kappa shape index (κ1) is 16.6. The van der Waals surface area contributed by atoms with Crippen LogP contribution in [-0.2, 0) is 6.54 Å². The number of pyridine rings is 1. The number of hydrogen-bond acceptors (Lipinski definition) is 3. The summed E-state index contributed by atoms with van der Waals surface area (Å²) >= 11 is 0. The molecule has 126 valence electrons. The number of nitrogens with one attached hydrogen (secondary N) is 1. The van der Waals surface area contributed by atoms with E-state index in [-0.39, 0.29) is 12.1 Å². The number of ether oxygens (including phenoxy) is 1. The summed E-state index contributed by atoms with van der Waals surface area (Å²) < 4.78 is 31.7. The molecular weight excluding hydrogens is 326 g/mol. The minimum Gasteiger partial charge on any atom is -0.439 e. The lowest BCUT2D eigenvalue weighted by molar-refractivity contribution is 0.0950. The van der Waals surface area contributed by atoms with Crippen molar-refractivity contribution in [3.8, 4) is 11.6 Å². The molecule has 0 aliphatic heterocycles. The van der Waals surface area contributed by atoms with Gasteiger partial charge < -0.3 is 10.1 Å². The lowest BCUT2D eigenvalue weighted by atomic mass is 10.2. The van der Waals surface area contributed by atoms with E-state index in [0.29, 0.717) is 11.6 Å². The summed E-state index contributed by atoms with van der Waals surface area (Å²) in [5.74, 6) is -1.51. The highest BCUT2D eigenvalue weighted by Crippen LogP contribution is 2.19. The summed E-state index contributed by atoms with van der Waals surface area (Å²) in [6.07, 6.45) is 1.57. The molecular formula is C19H14F2N2O2. The number of nitrogens with zero attached hydrogens (tertiary/aromatic N) is 1. The molecule has 2 aromatic carbocycles. The second-order valence-corrected chi connectivity index (χ2v) is 5.23. The molecule has 0 aliphatic rings. The first-order valence-corrected chi connectivity index (χ1v) is 7.53. The lowest BCUT2D eigenvalue weighted by Gasteiger charge is -2.08. The first-order valence-electron chi connectivity index (χ1n) is 7.53. The Morgan fingerprint density at radius 3 is 2.56 bits per heavy atom. The fraction of sp³-hybridized carbons (Fsp3) is 0.0526. The Morgan fingerprint density at radius 2 is 1.80 bits per heavy atom.